The van der Waals surface area contributed by atoms with Gasteiger partial charge in [0.25, 0.3) is 0 Å². The molecule has 2 aliphatic heterocycles. The molecule has 3 rings (SSSR count). The Morgan fingerprint density at radius 3 is 2.87 bits per heavy atom. The van der Waals surface area contributed by atoms with Crippen LogP contribution >= 0.6 is 0 Å². The van der Waals surface area contributed by atoms with E-state index >= 15 is 0 Å². The summed E-state index contributed by atoms with van der Waals surface area (Å²) in [5, 5.41) is 0. The van der Waals surface area contributed by atoms with Crippen LogP contribution in [0.2, 0.25) is 0 Å². The number of hydrogen-bond acceptors (Lipinski definition) is 4. The highest BCUT2D eigenvalue weighted by atomic mass is 19.1. The van der Waals surface area contributed by atoms with E-state index in [1.165, 1.54) is 13.2 Å². The fraction of sp³-hybridized carbons (Fsp3) is 0.588. The van der Waals surface area contributed by atoms with Gasteiger partial charge in [-0.2, -0.15) is 0 Å². The van der Waals surface area contributed by atoms with Gasteiger partial charge in [-0.3, -0.25) is 9.69 Å². The Morgan fingerprint density at radius 1 is 1.39 bits per heavy atom. The topological polar surface area (TPSA) is 42.0 Å². The number of benzene rings is 1. The van der Waals surface area contributed by atoms with Crippen LogP contribution < -0.4 is 4.74 Å². The van der Waals surface area contributed by atoms with Gasteiger partial charge in [-0.1, -0.05) is 6.07 Å². The molecule has 2 fully saturated rings. The molecule has 2 aliphatic rings. The third kappa shape index (κ3) is 3.48. The molecular weight excluding hydrogens is 299 g/mol. The normalized spacial score (nSPS) is 25.9. The minimum atomic E-state index is -0.261. The SMILES string of the molecule is COc1ccc(CN2CCOC[C@]3(CC(=O)N(C)C3)C2)c(F)c1. The average Bonchev–Trinajstić information content (AvgIpc) is 2.68. The van der Waals surface area contributed by atoms with Crippen LogP contribution in [-0.2, 0) is 16.1 Å². The smallest absolute Gasteiger partial charge is 0.223 e. The predicted octanol–water partition coefficient (Wildman–Crippen LogP) is 1.51. The first kappa shape index (κ1) is 16.2. The maximum Gasteiger partial charge on any atom is 0.223 e. The summed E-state index contributed by atoms with van der Waals surface area (Å²) < 4.78 is 25.0. The molecule has 0 aromatic heterocycles. The van der Waals surface area contributed by atoms with Crippen LogP contribution in [0.5, 0.6) is 5.75 Å². The van der Waals surface area contributed by atoms with Crippen LogP contribution in [0.4, 0.5) is 4.39 Å². The molecule has 0 N–H and O–H groups in total. The molecule has 2 heterocycles. The Kier molecular flexibility index (Phi) is 4.55. The Morgan fingerprint density at radius 2 is 2.22 bits per heavy atom. The average molecular weight is 322 g/mol. The summed E-state index contributed by atoms with van der Waals surface area (Å²) in [6.07, 6.45) is 0.505. The van der Waals surface area contributed by atoms with Crippen molar-refractivity contribution in [3.8, 4) is 5.75 Å². The van der Waals surface area contributed by atoms with Crippen molar-refractivity contribution in [1.29, 1.82) is 0 Å². The maximum absolute atomic E-state index is 14.2. The van der Waals surface area contributed by atoms with Crippen LogP contribution in [0.3, 0.4) is 0 Å². The summed E-state index contributed by atoms with van der Waals surface area (Å²) in [7, 11) is 3.35. The number of hydrogen-bond donors (Lipinski definition) is 0. The van der Waals surface area contributed by atoms with E-state index in [0.717, 1.165) is 13.1 Å². The summed E-state index contributed by atoms with van der Waals surface area (Å²) in [6.45, 7) is 3.90. The first-order valence-electron chi connectivity index (χ1n) is 7.88. The van der Waals surface area contributed by atoms with Gasteiger partial charge < -0.3 is 14.4 Å². The lowest BCUT2D eigenvalue weighted by Gasteiger charge is -2.31. The van der Waals surface area contributed by atoms with E-state index in [9.17, 15) is 9.18 Å². The third-order valence-corrected chi connectivity index (χ3v) is 4.70. The second-order valence-electron chi connectivity index (χ2n) is 6.65. The highest BCUT2D eigenvalue weighted by Crippen LogP contribution is 2.34. The minimum absolute atomic E-state index is 0.158. The number of rotatable bonds is 3. The Labute approximate surface area is 136 Å². The fourth-order valence-electron chi connectivity index (χ4n) is 3.55. The first-order valence-corrected chi connectivity index (χ1v) is 7.88. The number of nitrogens with zero attached hydrogens (tertiary/aromatic N) is 2. The summed E-state index contributed by atoms with van der Waals surface area (Å²) in [4.78, 5) is 15.9. The number of carbonyl (C=O) groups excluding carboxylic acids is 1. The van der Waals surface area contributed by atoms with Crippen LogP contribution in [0.25, 0.3) is 0 Å². The van der Waals surface area contributed by atoms with Gasteiger partial charge in [0.1, 0.15) is 11.6 Å². The molecule has 0 saturated carbocycles. The van der Waals surface area contributed by atoms with E-state index in [0.29, 0.717) is 44.0 Å². The monoisotopic (exact) mass is 322 g/mol. The summed E-state index contributed by atoms with van der Waals surface area (Å²) in [5.41, 5.74) is 0.464. The zero-order chi connectivity index (χ0) is 16.4. The van der Waals surface area contributed by atoms with Gasteiger partial charge in [0.05, 0.1) is 20.3 Å². The van der Waals surface area contributed by atoms with E-state index in [1.54, 1.807) is 17.0 Å². The second kappa shape index (κ2) is 6.45. The number of halogens is 1. The number of ether oxygens (including phenoxy) is 2. The van der Waals surface area contributed by atoms with Crippen molar-refractivity contribution in [3.63, 3.8) is 0 Å². The van der Waals surface area contributed by atoms with Crippen LogP contribution in [0.1, 0.15) is 12.0 Å². The number of methoxy groups -OCH3 is 1. The van der Waals surface area contributed by atoms with Crippen molar-refractivity contribution >= 4 is 5.91 Å². The van der Waals surface area contributed by atoms with Crippen LogP contribution in [0.15, 0.2) is 18.2 Å². The molecule has 1 amide bonds. The number of amides is 1. The molecule has 6 heteroatoms. The van der Waals surface area contributed by atoms with Crippen molar-refractivity contribution in [2.45, 2.75) is 13.0 Å². The van der Waals surface area contributed by atoms with E-state index in [-0.39, 0.29) is 17.1 Å². The largest absolute Gasteiger partial charge is 0.497 e. The highest BCUT2D eigenvalue weighted by molar-refractivity contribution is 5.79. The second-order valence-corrected chi connectivity index (χ2v) is 6.65. The Bertz CT molecular complexity index is 595. The third-order valence-electron chi connectivity index (χ3n) is 4.70. The van der Waals surface area contributed by atoms with E-state index in [2.05, 4.69) is 4.90 Å². The number of carbonyl (C=O) groups is 1. The zero-order valence-electron chi connectivity index (χ0n) is 13.7. The predicted molar refractivity (Wildman–Crippen MR) is 83.7 cm³/mol. The molecule has 2 saturated heterocycles. The molecule has 5 nitrogen and oxygen atoms in total. The standard InChI is InChI=1S/C17H23FN2O3/c1-19-10-17(8-16(19)21)11-20(5-6-23-12-17)9-13-3-4-14(22-2)7-15(13)18/h3-4,7H,5-6,8-12H2,1-2H3/t17-/m0/s1. The van der Waals surface area contributed by atoms with Gasteiger partial charge in [-0.25, -0.2) is 4.39 Å². The molecule has 23 heavy (non-hydrogen) atoms. The summed E-state index contributed by atoms with van der Waals surface area (Å²) >= 11 is 0. The van der Waals surface area contributed by atoms with E-state index in [1.807, 2.05) is 7.05 Å². The van der Waals surface area contributed by atoms with Crippen LogP contribution in [-0.4, -0.2) is 62.7 Å². The molecule has 1 atom stereocenters. The molecule has 0 unspecified atom stereocenters. The molecule has 1 spiro atoms. The molecular formula is C17H23FN2O3. The van der Waals surface area contributed by atoms with Gasteiger partial charge in [-0.05, 0) is 6.07 Å². The van der Waals surface area contributed by atoms with E-state index < -0.39 is 0 Å². The Balaban J connectivity index is 1.73. The van der Waals surface area contributed by atoms with Gasteiger partial charge in [0, 0.05) is 56.7 Å². The fourth-order valence-corrected chi connectivity index (χ4v) is 3.55. The molecule has 0 bridgehead atoms. The molecule has 126 valence electrons. The molecule has 0 radical (unpaired) electrons. The van der Waals surface area contributed by atoms with Gasteiger partial charge >= 0.3 is 0 Å². The number of likely N-dealkylation sites (tertiary alicyclic amines) is 1. The Hall–Kier alpha value is -1.66. The molecule has 0 aliphatic carbocycles. The van der Waals surface area contributed by atoms with Crippen molar-refractivity contribution in [2.24, 2.45) is 5.41 Å². The van der Waals surface area contributed by atoms with Crippen molar-refractivity contribution in [1.82, 2.24) is 9.80 Å². The molecule has 1 aromatic carbocycles. The van der Waals surface area contributed by atoms with Gasteiger partial charge in [0.15, 0.2) is 0 Å². The van der Waals surface area contributed by atoms with Gasteiger partial charge in [-0.15, -0.1) is 0 Å². The van der Waals surface area contributed by atoms with Crippen molar-refractivity contribution in [2.75, 3.05) is 47.0 Å². The lowest BCUT2D eigenvalue weighted by Crippen LogP contribution is -2.40. The summed E-state index contributed by atoms with van der Waals surface area (Å²) in [6, 6.07) is 4.94. The zero-order valence-corrected chi connectivity index (χ0v) is 13.7. The lowest BCUT2D eigenvalue weighted by molar-refractivity contribution is -0.126. The summed E-state index contributed by atoms with van der Waals surface area (Å²) in [5.74, 6) is 0.416. The highest BCUT2D eigenvalue weighted by Gasteiger charge is 2.44. The van der Waals surface area contributed by atoms with Gasteiger partial charge in [0.2, 0.25) is 5.91 Å². The van der Waals surface area contributed by atoms with Crippen molar-refractivity contribution in [3.05, 3.63) is 29.6 Å². The maximum atomic E-state index is 14.2. The van der Waals surface area contributed by atoms with Crippen LogP contribution in [0, 0.1) is 11.2 Å². The quantitative estimate of drug-likeness (QED) is 0.846. The first-order chi connectivity index (χ1) is 11.0. The van der Waals surface area contributed by atoms with Crippen molar-refractivity contribution < 1.29 is 18.7 Å². The van der Waals surface area contributed by atoms with E-state index in [4.69, 9.17) is 9.47 Å². The minimum Gasteiger partial charge on any atom is -0.497 e. The lowest BCUT2D eigenvalue weighted by atomic mass is 9.87. The molecule has 1 aromatic rings.